The zero-order valence-electron chi connectivity index (χ0n) is 30.6. The highest BCUT2D eigenvalue weighted by molar-refractivity contribution is 6.11. The van der Waals surface area contributed by atoms with Crippen molar-refractivity contribution >= 4 is 21.9 Å². The van der Waals surface area contributed by atoms with E-state index < -0.39 is 0 Å². The van der Waals surface area contributed by atoms with E-state index in [9.17, 15) is 0 Å². The van der Waals surface area contributed by atoms with Crippen LogP contribution in [0.3, 0.4) is 0 Å². The average molecular weight is 665 g/mol. The van der Waals surface area contributed by atoms with Gasteiger partial charge in [0.15, 0.2) is 0 Å². The number of allylic oxidation sites excluding steroid dienone is 4. The van der Waals surface area contributed by atoms with Gasteiger partial charge in [0, 0.05) is 0 Å². The number of rotatable bonds is 5. The Hall–Kier alpha value is -5.86. The molecule has 0 unspecified atom stereocenters. The quantitative estimate of drug-likeness (QED) is 0.180. The van der Waals surface area contributed by atoms with Gasteiger partial charge in [0.2, 0.25) is 0 Å². The number of aryl methyl sites for hydroxylation is 2. The molecule has 51 heavy (non-hydrogen) atoms. The van der Waals surface area contributed by atoms with Crippen LogP contribution < -0.4 is 11.5 Å². The maximum atomic E-state index is 5.29. The summed E-state index contributed by atoms with van der Waals surface area (Å²) in [5, 5.41) is 2.61. The minimum Gasteiger partial charge on any atom is -0.397 e. The molecule has 0 radical (unpaired) electrons. The smallest absolute Gasteiger partial charge is 0.0728 e. The van der Waals surface area contributed by atoms with Gasteiger partial charge in [-0.3, -0.25) is 0 Å². The highest BCUT2D eigenvalue weighted by Crippen LogP contribution is 2.65. The Kier molecular flexibility index (Phi) is 9.98. The summed E-state index contributed by atoms with van der Waals surface area (Å²) >= 11 is 0. The molecule has 0 aromatic heterocycles. The van der Waals surface area contributed by atoms with Gasteiger partial charge in [-0.2, -0.15) is 0 Å². The van der Waals surface area contributed by atoms with Crippen molar-refractivity contribution in [1.29, 1.82) is 0 Å². The van der Waals surface area contributed by atoms with Crippen molar-refractivity contribution in [3.8, 4) is 22.3 Å². The first-order valence-corrected chi connectivity index (χ1v) is 18.0. The lowest BCUT2D eigenvalue weighted by Gasteiger charge is -2.34. The molecule has 1 spiro atoms. The molecule has 2 nitrogen and oxygen atoms in total. The molecule has 0 amide bonds. The summed E-state index contributed by atoms with van der Waals surface area (Å²) in [7, 11) is 0. The van der Waals surface area contributed by atoms with Crippen molar-refractivity contribution in [2.24, 2.45) is 11.5 Å². The molecule has 8 rings (SSSR count). The predicted molar refractivity (Wildman–Crippen MR) is 221 cm³/mol. The minimum atomic E-state index is -0.353. The predicted octanol–water partition coefficient (Wildman–Crippen LogP) is 12.3. The number of benzene rings is 6. The Bertz CT molecular complexity index is 2270. The third-order valence-corrected chi connectivity index (χ3v) is 10.3. The summed E-state index contributed by atoms with van der Waals surface area (Å²) < 4.78 is 0. The lowest BCUT2D eigenvalue weighted by atomic mass is 9.67. The fourth-order valence-corrected chi connectivity index (χ4v) is 7.93. The first kappa shape index (κ1) is 35.0. The number of nitrogens with two attached hydrogens (primary N) is 2. The van der Waals surface area contributed by atoms with Crippen LogP contribution in [0.2, 0.25) is 0 Å². The Balaban J connectivity index is 0.000000399. The largest absolute Gasteiger partial charge is 0.397 e. The van der Waals surface area contributed by atoms with Gasteiger partial charge in [-0.05, 0) is 122 Å². The second-order valence-corrected chi connectivity index (χ2v) is 13.0. The van der Waals surface area contributed by atoms with Gasteiger partial charge < -0.3 is 11.5 Å². The van der Waals surface area contributed by atoms with Gasteiger partial charge >= 0.3 is 0 Å². The van der Waals surface area contributed by atoms with Crippen LogP contribution in [-0.4, -0.2) is 0 Å². The summed E-state index contributed by atoms with van der Waals surface area (Å²) in [5.41, 5.74) is 28.9. The second-order valence-electron chi connectivity index (χ2n) is 13.0. The monoisotopic (exact) mass is 664 g/mol. The summed E-state index contributed by atoms with van der Waals surface area (Å²) in [6.45, 7) is 17.6. The van der Waals surface area contributed by atoms with Gasteiger partial charge in [-0.15, -0.1) is 0 Å². The highest BCUT2D eigenvalue weighted by Gasteiger charge is 2.53. The maximum Gasteiger partial charge on any atom is 0.0728 e. The second kappa shape index (κ2) is 14.5. The number of fused-ring (bicyclic) bond motifs is 8. The van der Waals surface area contributed by atoms with Crippen LogP contribution in [0.1, 0.15) is 66.1 Å². The number of hydrogen-bond acceptors (Lipinski definition) is 2. The third kappa shape index (κ3) is 5.81. The molecule has 2 heteroatoms. The lowest BCUT2D eigenvalue weighted by Crippen LogP contribution is -2.27. The van der Waals surface area contributed by atoms with Crippen molar-refractivity contribution in [2.45, 2.75) is 46.5 Å². The Morgan fingerprint density at radius 3 is 1.61 bits per heavy atom. The van der Waals surface area contributed by atoms with E-state index in [1.54, 1.807) is 0 Å². The molecule has 0 bridgehead atoms. The molecule has 6 aromatic carbocycles. The molecule has 0 saturated heterocycles. The van der Waals surface area contributed by atoms with Gasteiger partial charge in [0.25, 0.3) is 0 Å². The number of hydrogen-bond donors (Lipinski definition) is 2. The van der Waals surface area contributed by atoms with E-state index in [0.717, 1.165) is 6.42 Å². The molecule has 0 saturated carbocycles. The van der Waals surface area contributed by atoms with E-state index in [1.807, 2.05) is 13.8 Å². The van der Waals surface area contributed by atoms with Crippen LogP contribution in [0.25, 0.3) is 44.2 Å². The molecule has 4 N–H and O–H groups in total. The van der Waals surface area contributed by atoms with Crippen LogP contribution >= 0.6 is 0 Å². The molecular formula is C49H48N2. The Morgan fingerprint density at radius 1 is 0.569 bits per heavy atom. The Labute approximate surface area is 304 Å². The van der Waals surface area contributed by atoms with Crippen LogP contribution in [0.4, 0.5) is 0 Å². The first-order chi connectivity index (χ1) is 24.8. The van der Waals surface area contributed by atoms with Crippen molar-refractivity contribution < 1.29 is 0 Å². The van der Waals surface area contributed by atoms with Gasteiger partial charge in [0.1, 0.15) is 0 Å². The normalized spacial score (nSPS) is 13.6. The molecule has 0 fully saturated rings. The van der Waals surface area contributed by atoms with E-state index in [4.69, 9.17) is 11.5 Å². The SMILES string of the molecule is C=C/C(N)=C(/N)C=C.CC.CCC1=C(c2ccc(-c3ccc(C)cc3)cc2C)C2(c3cc4ccccc4cc31)c1ccccc1-c1ccccc12. The van der Waals surface area contributed by atoms with E-state index >= 15 is 0 Å². The van der Waals surface area contributed by atoms with E-state index in [-0.39, 0.29) is 5.41 Å². The zero-order valence-corrected chi connectivity index (χ0v) is 30.6. The molecule has 254 valence electrons. The van der Waals surface area contributed by atoms with Crippen molar-refractivity contribution in [2.75, 3.05) is 0 Å². The zero-order chi connectivity index (χ0) is 36.3. The highest BCUT2D eigenvalue weighted by atomic mass is 14.7. The summed E-state index contributed by atoms with van der Waals surface area (Å²) in [6, 6.07) is 48.0. The molecule has 0 aliphatic heterocycles. The maximum absolute atomic E-state index is 5.29. The van der Waals surface area contributed by atoms with Gasteiger partial charge in [-0.1, -0.05) is 155 Å². The molecular weight excluding hydrogens is 617 g/mol. The molecule has 0 atom stereocenters. The van der Waals surface area contributed by atoms with Crippen LogP contribution in [0.15, 0.2) is 164 Å². The van der Waals surface area contributed by atoms with Gasteiger partial charge in [0.05, 0.1) is 16.8 Å². The first-order valence-electron chi connectivity index (χ1n) is 18.0. The fraction of sp³-hybridized carbons (Fsp3) is 0.143. The van der Waals surface area contributed by atoms with Crippen molar-refractivity contribution in [3.05, 3.63) is 203 Å². The summed E-state index contributed by atoms with van der Waals surface area (Å²) in [5.74, 6) is 0. The van der Waals surface area contributed by atoms with Crippen molar-refractivity contribution in [1.82, 2.24) is 0 Å². The topological polar surface area (TPSA) is 52.0 Å². The van der Waals surface area contributed by atoms with E-state index in [2.05, 4.69) is 161 Å². The molecule has 0 heterocycles. The van der Waals surface area contributed by atoms with Crippen LogP contribution in [0, 0.1) is 13.8 Å². The van der Waals surface area contributed by atoms with Crippen molar-refractivity contribution in [3.63, 3.8) is 0 Å². The Morgan fingerprint density at radius 2 is 1.08 bits per heavy atom. The van der Waals surface area contributed by atoms with E-state index in [0.29, 0.717) is 11.4 Å². The average Bonchev–Trinajstić information content (AvgIpc) is 3.63. The summed E-state index contributed by atoms with van der Waals surface area (Å²) in [4.78, 5) is 0. The lowest BCUT2D eigenvalue weighted by molar-refractivity contribution is 0.842. The van der Waals surface area contributed by atoms with Crippen LogP contribution in [-0.2, 0) is 5.41 Å². The standard InChI is InChI=1S/C41H32.C6H10N2.C2H6/c1-4-32-36-24-29-11-5-6-12-30(29)25-39(36)41(37-15-9-7-13-34(37)35-14-8-10-16-38(35)41)40(32)33-22-21-31(23-27(33)3)28-19-17-26(2)18-20-28;1-3-5(7)6(8)4-2;1-2/h5-25H,4H2,1-3H3;3-4H,1-2,7-8H2;1-2H3/b;6-5-;. The fourth-order valence-electron chi connectivity index (χ4n) is 7.93. The van der Waals surface area contributed by atoms with E-state index in [1.165, 1.54) is 95.3 Å². The third-order valence-electron chi connectivity index (χ3n) is 10.3. The molecule has 6 aromatic rings. The summed E-state index contributed by atoms with van der Waals surface area (Å²) in [6.07, 6.45) is 3.94. The molecule has 2 aliphatic carbocycles. The van der Waals surface area contributed by atoms with Gasteiger partial charge in [-0.25, -0.2) is 0 Å². The van der Waals surface area contributed by atoms with Crippen LogP contribution in [0.5, 0.6) is 0 Å². The molecule has 2 aliphatic rings. The minimum absolute atomic E-state index is 0.353.